The molecule has 1 amide bonds. The number of amides is 1. The number of carbonyl (C=O) groups is 1. The molecule has 0 fully saturated rings. The molecule has 3 rings (SSSR count). The minimum absolute atomic E-state index is 0.128. The number of methoxy groups -OCH3 is 1. The van der Waals surface area contributed by atoms with Gasteiger partial charge < -0.3 is 10.1 Å². The number of fused-ring (bicyclic) bond motifs is 1. The SMILES string of the molecule is COCCNC(=O)c1ccc(-c2nnc3ncccn23)cc1. The summed E-state index contributed by atoms with van der Waals surface area (Å²) in [6, 6.07) is 9.02. The highest BCUT2D eigenvalue weighted by Crippen LogP contribution is 2.18. The number of benzene rings is 1. The number of hydrogen-bond donors (Lipinski definition) is 1. The van der Waals surface area contributed by atoms with Gasteiger partial charge in [0.25, 0.3) is 11.7 Å². The summed E-state index contributed by atoms with van der Waals surface area (Å²) in [4.78, 5) is 16.0. The van der Waals surface area contributed by atoms with Crippen molar-refractivity contribution in [3.05, 3.63) is 48.3 Å². The molecule has 0 aliphatic heterocycles. The molecule has 0 bridgehead atoms. The minimum Gasteiger partial charge on any atom is -0.383 e. The molecular formula is C15H15N5O2. The highest BCUT2D eigenvalue weighted by Gasteiger charge is 2.10. The average Bonchev–Trinajstić information content (AvgIpc) is 2.99. The van der Waals surface area contributed by atoms with Crippen LogP contribution < -0.4 is 5.32 Å². The van der Waals surface area contributed by atoms with E-state index >= 15 is 0 Å². The molecule has 0 saturated heterocycles. The van der Waals surface area contributed by atoms with E-state index in [1.807, 2.05) is 24.4 Å². The third kappa shape index (κ3) is 2.79. The quantitative estimate of drug-likeness (QED) is 0.715. The first-order chi connectivity index (χ1) is 10.8. The lowest BCUT2D eigenvalue weighted by Gasteiger charge is -2.05. The van der Waals surface area contributed by atoms with Gasteiger partial charge in [0.1, 0.15) is 0 Å². The Kier molecular flexibility index (Phi) is 4.06. The predicted molar refractivity (Wildman–Crippen MR) is 80.4 cm³/mol. The maximum Gasteiger partial charge on any atom is 0.255 e. The molecule has 2 heterocycles. The summed E-state index contributed by atoms with van der Waals surface area (Å²) in [6.07, 6.45) is 3.52. The van der Waals surface area contributed by atoms with Crippen LogP contribution in [0.2, 0.25) is 0 Å². The lowest BCUT2D eigenvalue weighted by Crippen LogP contribution is -2.26. The van der Waals surface area contributed by atoms with E-state index in [0.717, 1.165) is 5.56 Å². The lowest BCUT2D eigenvalue weighted by molar-refractivity contribution is 0.0937. The zero-order valence-corrected chi connectivity index (χ0v) is 12.1. The molecule has 0 atom stereocenters. The van der Waals surface area contributed by atoms with E-state index in [4.69, 9.17) is 4.74 Å². The van der Waals surface area contributed by atoms with Gasteiger partial charge in [0.15, 0.2) is 5.82 Å². The molecule has 1 aromatic carbocycles. The predicted octanol–water partition coefficient (Wildman–Crippen LogP) is 1.17. The van der Waals surface area contributed by atoms with Gasteiger partial charge in [-0.25, -0.2) is 4.98 Å². The van der Waals surface area contributed by atoms with Crippen molar-refractivity contribution < 1.29 is 9.53 Å². The van der Waals surface area contributed by atoms with Gasteiger partial charge in [0, 0.05) is 37.2 Å². The first-order valence-electron chi connectivity index (χ1n) is 6.83. The number of hydrogen-bond acceptors (Lipinski definition) is 5. The Labute approximate surface area is 127 Å². The molecule has 112 valence electrons. The van der Waals surface area contributed by atoms with Crippen molar-refractivity contribution in [2.75, 3.05) is 20.3 Å². The third-order valence-corrected chi connectivity index (χ3v) is 3.19. The van der Waals surface area contributed by atoms with Crippen LogP contribution in [-0.4, -0.2) is 45.8 Å². The van der Waals surface area contributed by atoms with Gasteiger partial charge in [-0.3, -0.25) is 9.20 Å². The smallest absolute Gasteiger partial charge is 0.255 e. The first-order valence-corrected chi connectivity index (χ1v) is 6.83. The number of nitrogens with one attached hydrogen (secondary N) is 1. The molecule has 7 nitrogen and oxygen atoms in total. The Bertz CT molecular complexity index is 782. The molecule has 7 heteroatoms. The topological polar surface area (TPSA) is 81.4 Å². The fourth-order valence-corrected chi connectivity index (χ4v) is 2.08. The van der Waals surface area contributed by atoms with Crippen LogP contribution in [0, 0.1) is 0 Å². The summed E-state index contributed by atoms with van der Waals surface area (Å²) in [5, 5.41) is 10.9. The highest BCUT2D eigenvalue weighted by atomic mass is 16.5. The van der Waals surface area contributed by atoms with E-state index < -0.39 is 0 Å². The molecule has 22 heavy (non-hydrogen) atoms. The molecule has 1 N–H and O–H groups in total. The van der Waals surface area contributed by atoms with E-state index in [-0.39, 0.29) is 5.91 Å². The van der Waals surface area contributed by atoms with E-state index in [1.165, 1.54) is 0 Å². The van der Waals surface area contributed by atoms with Crippen LogP contribution in [0.25, 0.3) is 17.2 Å². The second kappa shape index (κ2) is 6.31. The fraction of sp³-hybridized carbons (Fsp3) is 0.200. The Balaban J connectivity index is 1.81. The molecule has 0 aliphatic carbocycles. The molecule has 0 unspecified atom stereocenters. The van der Waals surface area contributed by atoms with Gasteiger partial charge in [-0.15, -0.1) is 10.2 Å². The molecule has 0 aliphatic rings. The molecule has 0 radical (unpaired) electrons. The average molecular weight is 297 g/mol. The van der Waals surface area contributed by atoms with Crippen LogP contribution in [0.5, 0.6) is 0 Å². The number of aromatic nitrogens is 4. The summed E-state index contributed by atoms with van der Waals surface area (Å²) in [6.45, 7) is 0.972. The van der Waals surface area contributed by atoms with Crippen LogP contribution in [0.15, 0.2) is 42.7 Å². The number of rotatable bonds is 5. The normalized spacial score (nSPS) is 10.8. The van der Waals surface area contributed by atoms with Crippen LogP contribution in [-0.2, 0) is 4.74 Å². The fourth-order valence-electron chi connectivity index (χ4n) is 2.08. The van der Waals surface area contributed by atoms with E-state index in [9.17, 15) is 4.79 Å². The number of nitrogens with zero attached hydrogens (tertiary/aromatic N) is 4. The summed E-state index contributed by atoms with van der Waals surface area (Å²) in [5.74, 6) is 1.10. The zero-order chi connectivity index (χ0) is 15.4. The van der Waals surface area contributed by atoms with Crippen LogP contribution in [0.3, 0.4) is 0 Å². The summed E-state index contributed by atoms with van der Waals surface area (Å²) < 4.78 is 6.70. The van der Waals surface area contributed by atoms with Crippen molar-refractivity contribution in [3.8, 4) is 11.4 Å². The Morgan fingerprint density at radius 2 is 2.09 bits per heavy atom. The summed E-state index contributed by atoms with van der Waals surface area (Å²) >= 11 is 0. The van der Waals surface area contributed by atoms with Gasteiger partial charge in [-0.05, 0) is 18.2 Å². The lowest BCUT2D eigenvalue weighted by atomic mass is 10.1. The molecular weight excluding hydrogens is 282 g/mol. The van der Waals surface area contributed by atoms with Crippen molar-refractivity contribution in [1.82, 2.24) is 24.9 Å². The van der Waals surface area contributed by atoms with Crippen molar-refractivity contribution >= 4 is 11.7 Å². The van der Waals surface area contributed by atoms with Gasteiger partial charge in [0.05, 0.1) is 6.61 Å². The Hall–Kier alpha value is -2.80. The Morgan fingerprint density at radius 1 is 1.27 bits per heavy atom. The van der Waals surface area contributed by atoms with Gasteiger partial charge in [-0.2, -0.15) is 0 Å². The number of ether oxygens (including phenoxy) is 1. The Morgan fingerprint density at radius 3 is 2.86 bits per heavy atom. The van der Waals surface area contributed by atoms with Crippen LogP contribution >= 0.6 is 0 Å². The molecule has 2 aromatic heterocycles. The monoisotopic (exact) mass is 297 g/mol. The maximum absolute atomic E-state index is 11.9. The van der Waals surface area contributed by atoms with E-state index in [1.54, 1.807) is 29.8 Å². The first kappa shape index (κ1) is 14.2. The molecule has 0 spiro atoms. The minimum atomic E-state index is -0.128. The van der Waals surface area contributed by atoms with Gasteiger partial charge in [-0.1, -0.05) is 12.1 Å². The van der Waals surface area contributed by atoms with Crippen molar-refractivity contribution in [1.29, 1.82) is 0 Å². The second-order valence-corrected chi connectivity index (χ2v) is 4.64. The second-order valence-electron chi connectivity index (χ2n) is 4.64. The van der Waals surface area contributed by atoms with Crippen LogP contribution in [0.4, 0.5) is 0 Å². The highest BCUT2D eigenvalue weighted by molar-refractivity contribution is 5.94. The standard InChI is InChI=1S/C15H15N5O2/c1-22-10-8-16-14(21)12-5-3-11(4-6-12)13-18-19-15-17-7-2-9-20(13)15/h2-7,9H,8,10H2,1H3,(H,16,21). The summed E-state index contributed by atoms with van der Waals surface area (Å²) in [5.41, 5.74) is 1.46. The van der Waals surface area contributed by atoms with E-state index in [0.29, 0.717) is 30.3 Å². The van der Waals surface area contributed by atoms with Gasteiger partial charge >= 0.3 is 0 Å². The zero-order valence-electron chi connectivity index (χ0n) is 12.1. The third-order valence-electron chi connectivity index (χ3n) is 3.19. The van der Waals surface area contributed by atoms with Crippen LogP contribution in [0.1, 0.15) is 10.4 Å². The van der Waals surface area contributed by atoms with Gasteiger partial charge in [0.2, 0.25) is 0 Å². The number of carbonyl (C=O) groups excluding carboxylic acids is 1. The van der Waals surface area contributed by atoms with Crippen molar-refractivity contribution in [2.24, 2.45) is 0 Å². The van der Waals surface area contributed by atoms with E-state index in [2.05, 4.69) is 20.5 Å². The van der Waals surface area contributed by atoms with Crippen molar-refractivity contribution in [2.45, 2.75) is 0 Å². The maximum atomic E-state index is 11.9. The molecule has 0 saturated carbocycles. The summed E-state index contributed by atoms with van der Waals surface area (Å²) in [7, 11) is 1.60. The van der Waals surface area contributed by atoms with Crippen molar-refractivity contribution in [3.63, 3.8) is 0 Å². The largest absolute Gasteiger partial charge is 0.383 e. The molecule has 3 aromatic rings.